The van der Waals surface area contributed by atoms with Gasteiger partial charge in [-0.15, -0.1) is 0 Å². The summed E-state index contributed by atoms with van der Waals surface area (Å²) in [7, 11) is 3.08. The molecule has 0 bridgehead atoms. The second kappa shape index (κ2) is 5.81. The lowest BCUT2D eigenvalue weighted by atomic mass is 10.2. The molecule has 0 aliphatic carbocycles. The molecule has 1 aromatic carbocycles. The highest BCUT2D eigenvalue weighted by Crippen LogP contribution is 2.29. The minimum atomic E-state index is -0.350. The molecule has 0 aliphatic heterocycles. The van der Waals surface area contributed by atoms with Gasteiger partial charge in [0.15, 0.2) is 0 Å². The topological polar surface area (TPSA) is 73.3 Å². The van der Waals surface area contributed by atoms with Gasteiger partial charge in [-0.2, -0.15) is 0 Å². The maximum atomic E-state index is 11.9. The predicted molar refractivity (Wildman–Crippen MR) is 69.5 cm³/mol. The van der Waals surface area contributed by atoms with Crippen LogP contribution in [0.1, 0.15) is 10.5 Å². The third kappa shape index (κ3) is 2.98. The lowest BCUT2D eigenvalue weighted by Gasteiger charge is -2.11. The number of ether oxygens (including phenoxy) is 2. The fourth-order valence-corrected chi connectivity index (χ4v) is 1.50. The minimum Gasteiger partial charge on any atom is -0.497 e. The number of aromatic nitrogens is 2. The van der Waals surface area contributed by atoms with Crippen molar-refractivity contribution in [3.05, 3.63) is 42.5 Å². The molecule has 0 radical (unpaired) electrons. The molecule has 2 aromatic rings. The SMILES string of the molecule is COc1ccc(NC(=O)c2cnccn2)c(OC)c1. The predicted octanol–water partition coefficient (Wildman–Crippen LogP) is 1.75. The van der Waals surface area contributed by atoms with Crippen LogP contribution in [0.2, 0.25) is 0 Å². The second-order valence-corrected chi connectivity index (χ2v) is 3.61. The molecule has 0 saturated carbocycles. The number of rotatable bonds is 4. The van der Waals surface area contributed by atoms with E-state index in [0.717, 1.165) is 0 Å². The molecular weight excluding hydrogens is 246 g/mol. The molecule has 0 aliphatic rings. The Morgan fingerprint density at radius 2 is 2.05 bits per heavy atom. The molecule has 0 atom stereocenters. The van der Waals surface area contributed by atoms with Gasteiger partial charge in [0.05, 0.1) is 26.1 Å². The number of hydrogen-bond acceptors (Lipinski definition) is 5. The number of anilines is 1. The zero-order valence-electron chi connectivity index (χ0n) is 10.6. The number of carbonyl (C=O) groups excluding carboxylic acids is 1. The molecular formula is C13H13N3O3. The summed E-state index contributed by atoms with van der Waals surface area (Å²) in [5, 5.41) is 2.71. The maximum absolute atomic E-state index is 11.9. The molecule has 6 nitrogen and oxygen atoms in total. The van der Waals surface area contributed by atoms with Crippen LogP contribution < -0.4 is 14.8 Å². The van der Waals surface area contributed by atoms with E-state index in [2.05, 4.69) is 15.3 Å². The van der Waals surface area contributed by atoms with E-state index < -0.39 is 0 Å². The van der Waals surface area contributed by atoms with Crippen LogP contribution in [0.4, 0.5) is 5.69 Å². The molecule has 0 spiro atoms. The normalized spacial score (nSPS) is 9.79. The van der Waals surface area contributed by atoms with E-state index in [1.165, 1.54) is 25.7 Å². The zero-order valence-corrected chi connectivity index (χ0v) is 10.6. The standard InChI is InChI=1S/C13H13N3O3/c1-18-9-3-4-10(12(7-9)19-2)16-13(17)11-8-14-5-6-15-11/h3-8H,1-2H3,(H,16,17). The van der Waals surface area contributed by atoms with Gasteiger partial charge in [-0.1, -0.05) is 0 Å². The zero-order chi connectivity index (χ0) is 13.7. The summed E-state index contributed by atoms with van der Waals surface area (Å²) < 4.78 is 10.3. The van der Waals surface area contributed by atoms with E-state index in [9.17, 15) is 4.79 Å². The van der Waals surface area contributed by atoms with Crippen molar-refractivity contribution < 1.29 is 14.3 Å². The van der Waals surface area contributed by atoms with E-state index in [1.54, 1.807) is 25.3 Å². The Morgan fingerprint density at radius 3 is 2.68 bits per heavy atom. The summed E-state index contributed by atoms with van der Waals surface area (Å²) in [5.74, 6) is 0.808. The first-order valence-electron chi connectivity index (χ1n) is 5.54. The van der Waals surface area contributed by atoms with Crippen molar-refractivity contribution in [2.75, 3.05) is 19.5 Å². The average molecular weight is 259 g/mol. The number of amides is 1. The van der Waals surface area contributed by atoms with Gasteiger partial charge >= 0.3 is 0 Å². The molecule has 6 heteroatoms. The van der Waals surface area contributed by atoms with Crippen LogP contribution in [0.15, 0.2) is 36.8 Å². The summed E-state index contributed by atoms with van der Waals surface area (Å²) in [5.41, 5.74) is 0.777. The molecule has 0 unspecified atom stereocenters. The third-order valence-electron chi connectivity index (χ3n) is 2.45. The quantitative estimate of drug-likeness (QED) is 0.905. The van der Waals surface area contributed by atoms with Crippen molar-refractivity contribution in [1.29, 1.82) is 0 Å². The van der Waals surface area contributed by atoms with Gasteiger partial charge in [0.2, 0.25) is 0 Å². The van der Waals surface area contributed by atoms with E-state index in [4.69, 9.17) is 9.47 Å². The Balaban J connectivity index is 2.21. The lowest BCUT2D eigenvalue weighted by molar-refractivity contribution is 0.102. The van der Waals surface area contributed by atoms with Crippen LogP contribution in [0, 0.1) is 0 Å². The molecule has 0 fully saturated rings. The Morgan fingerprint density at radius 1 is 1.21 bits per heavy atom. The van der Waals surface area contributed by atoms with Crippen LogP contribution in [0.3, 0.4) is 0 Å². The first-order valence-corrected chi connectivity index (χ1v) is 5.54. The molecule has 1 amide bonds. The van der Waals surface area contributed by atoms with Crippen LogP contribution >= 0.6 is 0 Å². The second-order valence-electron chi connectivity index (χ2n) is 3.61. The highest BCUT2D eigenvalue weighted by Gasteiger charge is 2.11. The summed E-state index contributed by atoms with van der Waals surface area (Å²) in [4.78, 5) is 19.7. The Labute approximate surface area is 110 Å². The van der Waals surface area contributed by atoms with Crippen molar-refractivity contribution in [2.24, 2.45) is 0 Å². The number of nitrogens with one attached hydrogen (secondary N) is 1. The van der Waals surface area contributed by atoms with Gasteiger partial charge in [0.1, 0.15) is 17.2 Å². The summed E-state index contributed by atoms with van der Waals surface area (Å²) in [6.45, 7) is 0. The first-order chi connectivity index (χ1) is 9.24. The summed E-state index contributed by atoms with van der Waals surface area (Å²) in [6, 6.07) is 5.12. The monoisotopic (exact) mass is 259 g/mol. The third-order valence-corrected chi connectivity index (χ3v) is 2.45. The number of nitrogens with zero attached hydrogens (tertiary/aromatic N) is 2. The number of carbonyl (C=O) groups is 1. The van der Waals surface area contributed by atoms with Gasteiger partial charge in [0.25, 0.3) is 5.91 Å². The number of methoxy groups -OCH3 is 2. The number of hydrogen-bond donors (Lipinski definition) is 1. The van der Waals surface area contributed by atoms with Crippen molar-refractivity contribution in [3.8, 4) is 11.5 Å². The van der Waals surface area contributed by atoms with Crippen molar-refractivity contribution in [2.45, 2.75) is 0 Å². The Kier molecular flexibility index (Phi) is 3.92. The van der Waals surface area contributed by atoms with Gasteiger partial charge in [-0.3, -0.25) is 9.78 Å². The van der Waals surface area contributed by atoms with Gasteiger partial charge in [-0.25, -0.2) is 4.98 Å². The lowest BCUT2D eigenvalue weighted by Crippen LogP contribution is -2.14. The van der Waals surface area contributed by atoms with E-state index in [-0.39, 0.29) is 11.6 Å². The Hall–Kier alpha value is -2.63. The summed E-state index contributed by atoms with van der Waals surface area (Å²) in [6.07, 6.45) is 4.36. The molecule has 19 heavy (non-hydrogen) atoms. The van der Waals surface area contributed by atoms with Gasteiger partial charge in [0, 0.05) is 18.5 Å². The smallest absolute Gasteiger partial charge is 0.275 e. The highest BCUT2D eigenvalue weighted by molar-refractivity contribution is 6.03. The highest BCUT2D eigenvalue weighted by atomic mass is 16.5. The van der Waals surface area contributed by atoms with Crippen molar-refractivity contribution in [1.82, 2.24) is 9.97 Å². The molecule has 1 heterocycles. The van der Waals surface area contributed by atoms with Crippen LogP contribution in [0.25, 0.3) is 0 Å². The maximum Gasteiger partial charge on any atom is 0.275 e. The van der Waals surface area contributed by atoms with E-state index >= 15 is 0 Å². The van der Waals surface area contributed by atoms with Crippen LogP contribution in [-0.2, 0) is 0 Å². The Bertz CT molecular complexity index is 573. The first kappa shape index (κ1) is 12.8. The molecule has 98 valence electrons. The minimum absolute atomic E-state index is 0.236. The van der Waals surface area contributed by atoms with Crippen LogP contribution in [-0.4, -0.2) is 30.1 Å². The van der Waals surface area contributed by atoms with Crippen LogP contribution in [0.5, 0.6) is 11.5 Å². The molecule has 1 aromatic heterocycles. The number of benzene rings is 1. The fourth-order valence-electron chi connectivity index (χ4n) is 1.50. The van der Waals surface area contributed by atoms with Gasteiger partial charge in [-0.05, 0) is 12.1 Å². The van der Waals surface area contributed by atoms with E-state index in [0.29, 0.717) is 17.2 Å². The van der Waals surface area contributed by atoms with Crippen molar-refractivity contribution >= 4 is 11.6 Å². The average Bonchev–Trinajstić information content (AvgIpc) is 2.48. The summed E-state index contributed by atoms with van der Waals surface area (Å²) >= 11 is 0. The largest absolute Gasteiger partial charge is 0.497 e. The molecule has 2 rings (SSSR count). The molecule has 1 N–H and O–H groups in total. The molecule has 0 saturated heterocycles. The fraction of sp³-hybridized carbons (Fsp3) is 0.154. The van der Waals surface area contributed by atoms with Crippen molar-refractivity contribution in [3.63, 3.8) is 0 Å². The van der Waals surface area contributed by atoms with E-state index in [1.807, 2.05) is 0 Å². The van der Waals surface area contributed by atoms with Gasteiger partial charge < -0.3 is 14.8 Å².